The van der Waals surface area contributed by atoms with Gasteiger partial charge >= 0.3 is 0 Å². The summed E-state index contributed by atoms with van der Waals surface area (Å²) >= 11 is 6.01. The van der Waals surface area contributed by atoms with Gasteiger partial charge in [0, 0.05) is 19.0 Å². The number of anilines is 1. The number of nitrogens with zero attached hydrogens (tertiary/aromatic N) is 2. The number of hydrogen-bond acceptors (Lipinski definition) is 4. The molecule has 20 heavy (non-hydrogen) atoms. The predicted octanol–water partition coefficient (Wildman–Crippen LogP) is 3.58. The van der Waals surface area contributed by atoms with Crippen LogP contribution >= 0.6 is 11.6 Å². The van der Waals surface area contributed by atoms with Gasteiger partial charge in [0.25, 0.3) is 0 Å². The molecular weight excluding hydrogens is 274 g/mol. The van der Waals surface area contributed by atoms with E-state index in [0.29, 0.717) is 17.5 Å². The van der Waals surface area contributed by atoms with Gasteiger partial charge in [0.15, 0.2) is 0 Å². The van der Waals surface area contributed by atoms with E-state index in [0.717, 1.165) is 44.3 Å². The number of halogens is 1. The molecule has 0 unspecified atom stereocenters. The van der Waals surface area contributed by atoms with Crippen LogP contribution in [0, 0.1) is 0 Å². The molecule has 0 atom stereocenters. The van der Waals surface area contributed by atoms with Gasteiger partial charge in [-0.15, -0.1) is 0 Å². The van der Waals surface area contributed by atoms with Crippen LogP contribution in [0.15, 0.2) is 6.07 Å². The lowest BCUT2D eigenvalue weighted by Gasteiger charge is -2.27. The number of hydrogen-bond donors (Lipinski definition) is 2. The molecule has 0 bridgehead atoms. The highest BCUT2D eigenvalue weighted by atomic mass is 35.5. The monoisotopic (exact) mass is 297 g/mol. The summed E-state index contributed by atoms with van der Waals surface area (Å²) in [4.78, 5) is 8.65. The van der Waals surface area contributed by atoms with Crippen LogP contribution in [0.5, 0.6) is 0 Å². The number of nitrogens with one attached hydrogen (secondary N) is 1. The van der Waals surface area contributed by atoms with E-state index in [1.165, 1.54) is 12.8 Å². The third-order valence-electron chi connectivity index (χ3n) is 3.85. The van der Waals surface area contributed by atoms with Crippen molar-refractivity contribution in [2.75, 3.05) is 11.9 Å². The molecule has 0 aliphatic heterocycles. The minimum absolute atomic E-state index is 0.457. The zero-order valence-corrected chi connectivity index (χ0v) is 12.9. The molecule has 0 aromatic carbocycles. The normalized spacial score (nSPS) is 18.6. The van der Waals surface area contributed by atoms with Gasteiger partial charge in [-0.25, -0.2) is 9.97 Å². The van der Waals surface area contributed by atoms with Crippen LogP contribution in [0.2, 0.25) is 5.15 Å². The standard InChI is InChI=1S/C15H24ClN3O/c1-2-7-13-18-12(16)10-14(19-13)17-11-15(20)8-5-3-4-6-9-15/h10,20H,2-9,11H2,1H3,(H,17,18,19). The zero-order chi connectivity index (χ0) is 14.4. The maximum Gasteiger partial charge on any atom is 0.134 e. The van der Waals surface area contributed by atoms with Crippen molar-refractivity contribution in [3.8, 4) is 0 Å². The summed E-state index contributed by atoms with van der Waals surface area (Å²) in [6.07, 6.45) is 8.18. The van der Waals surface area contributed by atoms with Crippen molar-refractivity contribution in [2.24, 2.45) is 0 Å². The number of aromatic nitrogens is 2. The van der Waals surface area contributed by atoms with Gasteiger partial charge in [0.2, 0.25) is 0 Å². The van der Waals surface area contributed by atoms with Crippen molar-refractivity contribution < 1.29 is 5.11 Å². The highest BCUT2D eigenvalue weighted by molar-refractivity contribution is 6.29. The quantitative estimate of drug-likeness (QED) is 0.644. The summed E-state index contributed by atoms with van der Waals surface area (Å²) in [7, 11) is 0. The van der Waals surface area contributed by atoms with Crippen molar-refractivity contribution in [2.45, 2.75) is 63.9 Å². The summed E-state index contributed by atoms with van der Waals surface area (Å²) in [6, 6.07) is 1.72. The van der Waals surface area contributed by atoms with E-state index in [9.17, 15) is 5.11 Å². The third-order valence-corrected chi connectivity index (χ3v) is 4.04. The molecule has 2 N–H and O–H groups in total. The molecule has 4 nitrogen and oxygen atoms in total. The van der Waals surface area contributed by atoms with Crippen LogP contribution in [-0.4, -0.2) is 27.2 Å². The molecule has 0 saturated heterocycles. The number of rotatable bonds is 5. The molecule has 1 heterocycles. The molecule has 1 aliphatic carbocycles. The lowest BCUT2D eigenvalue weighted by Crippen LogP contribution is -2.36. The fourth-order valence-electron chi connectivity index (χ4n) is 2.71. The van der Waals surface area contributed by atoms with E-state index >= 15 is 0 Å². The molecule has 0 radical (unpaired) electrons. The van der Waals surface area contributed by atoms with Gasteiger partial charge < -0.3 is 10.4 Å². The Labute approximate surface area is 126 Å². The van der Waals surface area contributed by atoms with Gasteiger partial charge in [-0.1, -0.05) is 44.2 Å². The Balaban J connectivity index is 1.98. The second kappa shape index (κ2) is 7.23. The molecule has 0 amide bonds. The van der Waals surface area contributed by atoms with E-state index in [1.807, 2.05) is 0 Å². The molecule has 1 saturated carbocycles. The second-order valence-corrected chi connectivity index (χ2v) is 6.12. The van der Waals surface area contributed by atoms with Crippen LogP contribution in [0.1, 0.15) is 57.7 Å². The first-order valence-electron chi connectivity index (χ1n) is 7.61. The Morgan fingerprint density at radius 3 is 2.60 bits per heavy atom. The van der Waals surface area contributed by atoms with Crippen molar-refractivity contribution >= 4 is 17.4 Å². The van der Waals surface area contributed by atoms with Crippen LogP contribution in [0.3, 0.4) is 0 Å². The highest BCUT2D eigenvalue weighted by Crippen LogP contribution is 2.27. The molecule has 2 rings (SSSR count). The van der Waals surface area contributed by atoms with Crippen molar-refractivity contribution in [1.82, 2.24) is 9.97 Å². The fourth-order valence-corrected chi connectivity index (χ4v) is 2.91. The smallest absolute Gasteiger partial charge is 0.134 e. The minimum Gasteiger partial charge on any atom is -0.388 e. The molecule has 5 heteroatoms. The van der Waals surface area contributed by atoms with Crippen molar-refractivity contribution in [3.05, 3.63) is 17.0 Å². The Morgan fingerprint density at radius 1 is 1.25 bits per heavy atom. The average Bonchev–Trinajstić information content (AvgIpc) is 2.62. The van der Waals surface area contributed by atoms with Crippen LogP contribution in [-0.2, 0) is 6.42 Å². The van der Waals surface area contributed by atoms with E-state index in [-0.39, 0.29) is 0 Å². The molecule has 1 aromatic heterocycles. The Hall–Kier alpha value is -0.870. The van der Waals surface area contributed by atoms with E-state index in [1.54, 1.807) is 6.07 Å². The van der Waals surface area contributed by atoms with E-state index in [4.69, 9.17) is 11.6 Å². The SMILES string of the molecule is CCCc1nc(Cl)cc(NCC2(O)CCCCCC2)n1. The van der Waals surface area contributed by atoms with Crippen LogP contribution < -0.4 is 5.32 Å². The first kappa shape index (κ1) is 15.5. The maximum absolute atomic E-state index is 10.6. The van der Waals surface area contributed by atoms with E-state index < -0.39 is 5.60 Å². The van der Waals surface area contributed by atoms with Crippen molar-refractivity contribution in [1.29, 1.82) is 0 Å². The Morgan fingerprint density at radius 2 is 1.95 bits per heavy atom. The number of aliphatic hydroxyl groups is 1. The Bertz CT molecular complexity index is 431. The minimum atomic E-state index is -0.612. The molecular formula is C15H24ClN3O. The van der Waals surface area contributed by atoms with Crippen LogP contribution in [0.25, 0.3) is 0 Å². The summed E-state index contributed by atoms with van der Waals surface area (Å²) in [6.45, 7) is 2.62. The fraction of sp³-hybridized carbons (Fsp3) is 0.733. The summed E-state index contributed by atoms with van der Waals surface area (Å²) in [5.41, 5.74) is -0.612. The largest absolute Gasteiger partial charge is 0.388 e. The van der Waals surface area contributed by atoms with Crippen molar-refractivity contribution in [3.63, 3.8) is 0 Å². The molecule has 112 valence electrons. The zero-order valence-electron chi connectivity index (χ0n) is 12.2. The Kier molecular flexibility index (Phi) is 5.61. The van der Waals surface area contributed by atoms with Crippen LogP contribution in [0.4, 0.5) is 5.82 Å². The average molecular weight is 298 g/mol. The summed E-state index contributed by atoms with van der Waals surface area (Å²) < 4.78 is 0. The lowest BCUT2D eigenvalue weighted by atomic mass is 9.94. The summed E-state index contributed by atoms with van der Waals surface area (Å²) in [5.74, 6) is 1.47. The van der Waals surface area contributed by atoms with Gasteiger partial charge in [-0.2, -0.15) is 0 Å². The molecule has 0 spiro atoms. The van der Waals surface area contributed by atoms with Gasteiger partial charge in [0.1, 0.15) is 16.8 Å². The molecule has 1 fully saturated rings. The first-order valence-corrected chi connectivity index (χ1v) is 7.99. The first-order chi connectivity index (χ1) is 9.61. The van der Waals surface area contributed by atoms with Gasteiger partial charge in [0.05, 0.1) is 5.60 Å². The molecule has 1 aliphatic rings. The number of aryl methyl sites for hydroxylation is 1. The van der Waals surface area contributed by atoms with Gasteiger partial charge in [-0.3, -0.25) is 0 Å². The van der Waals surface area contributed by atoms with Gasteiger partial charge in [-0.05, 0) is 19.3 Å². The van der Waals surface area contributed by atoms with E-state index in [2.05, 4.69) is 22.2 Å². The highest BCUT2D eigenvalue weighted by Gasteiger charge is 2.27. The molecule has 1 aromatic rings. The maximum atomic E-state index is 10.6. The second-order valence-electron chi connectivity index (χ2n) is 5.73. The third kappa shape index (κ3) is 4.60. The topological polar surface area (TPSA) is 58.0 Å². The lowest BCUT2D eigenvalue weighted by molar-refractivity contribution is 0.0380. The summed E-state index contributed by atoms with van der Waals surface area (Å²) in [5, 5.41) is 14.3. The predicted molar refractivity (Wildman–Crippen MR) is 82.2 cm³/mol.